The molecule has 0 fully saturated rings. The van der Waals surface area contributed by atoms with Crippen LogP contribution in [0, 0.1) is 5.82 Å². The molecule has 6 heteroatoms. The van der Waals surface area contributed by atoms with Crippen LogP contribution in [-0.2, 0) is 0 Å². The van der Waals surface area contributed by atoms with Crippen molar-refractivity contribution in [2.45, 2.75) is 0 Å². The molecule has 0 bridgehead atoms. The van der Waals surface area contributed by atoms with E-state index in [1.54, 1.807) is 12.1 Å². The summed E-state index contributed by atoms with van der Waals surface area (Å²) < 4.78 is 19.5. The number of halogens is 3. The molecule has 0 saturated heterocycles. The molecule has 0 aliphatic carbocycles. The van der Waals surface area contributed by atoms with Crippen LogP contribution in [0.5, 0.6) is 0 Å². The van der Waals surface area contributed by atoms with Crippen LogP contribution in [0.3, 0.4) is 0 Å². The zero-order chi connectivity index (χ0) is 12.4. The van der Waals surface area contributed by atoms with Crippen LogP contribution in [0.4, 0.5) is 10.1 Å². The van der Waals surface area contributed by atoms with E-state index in [2.05, 4.69) is 37.2 Å². The fourth-order valence-corrected chi connectivity index (χ4v) is 1.85. The highest BCUT2D eigenvalue weighted by molar-refractivity contribution is 9.10. The fraction of sp³-hybridized carbons (Fsp3) is 0. The van der Waals surface area contributed by atoms with Crippen molar-refractivity contribution in [3.05, 3.63) is 51.1 Å². The Balaban J connectivity index is 2.18. The van der Waals surface area contributed by atoms with Gasteiger partial charge in [0.05, 0.1) is 5.69 Å². The lowest BCUT2D eigenvalue weighted by molar-refractivity contribution is 0.0995. The minimum atomic E-state index is -0.515. The number of benzene rings is 1. The van der Waals surface area contributed by atoms with Gasteiger partial charge >= 0.3 is 0 Å². The fourth-order valence-electron chi connectivity index (χ4n) is 1.21. The number of hydrogen-bond donors (Lipinski definition) is 1. The Bertz CT molecular complexity index is 568. The van der Waals surface area contributed by atoms with Crippen molar-refractivity contribution in [1.82, 2.24) is 0 Å². The van der Waals surface area contributed by atoms with Gasteiger partial charge < -0.3 is 9.73 Å². The van der Waals surface area contributed by atoms with E-state index >= 15 is 0 Å². The van der Waals surface area contributed by atoms with Gasteiger partial charge in [-0.15, -0.1) is 0 Å². The number of carbonyl (C=O) groups is 1. The van der Waals surface area contributed by atoms with Crippen LogP contribution in [0.1, 0.15) is 10.6 Å². The molecule has 1 aromatic heterocycles. The molecule has 1 amide bonds. The van der Waals surface area contributed by atoms with E-state index in [0.717, 1.165) is 0 Å². The number of rotatable bonds is 2. The summed E-state index contributed by atoms with van der Waals surface area (Å²) in [5, 5.41) is 2.42. The van der Waals surface area contributed by atoms with Gasteiger partial charge in [-0.3, -0.25) is 4.79 Å². The molecule has 1 N–H and O–H groups in total. The minimum absolute atomic E-state index is 0.103. The van der Waals surface area contributed by atoms with Gasteiger partial charge in [0.1, 0.15) is 5.82 Å². The Morgan fingerprint density at radius 3 is 2.59 bits per heavy atom. The van der Waals surface area contributed by atoms with E-state index in [1.807, 2.05) is 0 Å². The van der Waals surface area contributed by atoms with Crippen molar-refractivity contribution in [2.24, 2.45) is 0 Å². The van der Waals surface area contributed by atoms with Gasteiger partial charge in [0, 0.05) is 4.47 Å². The van der Waals surface area contributed by atoms with Gasteiger partial charge in [0.2, 0.25) is 0 Å². The maximum absolute atomic E-state index is 13.4. The molecule has 1 aromatic carbocycles. The molecule has 2 aromatic rings. The van der Waals surface area contributed by atoms with Gasteiger partial charge in [-0.1, -0.05) is 15.9 Å². The Morgan fingerprint density at radius 2 is 2.00 bits per heavy atom. The number of carbonyl (C=O) groups excluding carboxylic acids is 1. The van der Waals surface area contributed by atoms with Crippen LogP contribution in [0.25, 0.3) is 0 Å². The molecule has 1 heterocycles. The van der Waals surface area contributed by atoms with E-state index in [-0.39, 0.29) is 11.4 Å². The number of furan rings is 1. The Hall–Kier alpha value is -1.14. The molecule has 0 aliphatic heterocycles. The Kier molecular flexibility index (Phi) is 3.63. The van der Waals surface area contributed by atoms with Crippen LogP contribution in [0.15, 0.2) is 43.9 Å². The Morgan fingerprint density at radius 1 is 1.24 bits per heavy atom. The largest absolute Gasteiger partial charge is 0.444 e. The standard InChI is InChI=1S/C11H6Br2FNO2/c12-6-1-2-8(7(14)5-6)15-11(16)9-3-4-10(13)17-9/h1-5H,(H,15,16). The third-order valence-electron chi connectivity index (χ3n) is 1.98. The molecule has 0 saturated carbocycles. The summed E-state index contributed by atoms with van der Waals surface area (Å²) in [7, 11) is 0. The SMILES string of the molecule is O=C(Nc1ccc(Br)cc1F)c1ccc(Br)o1. The Labute approximate surface area is 113 Å². The van der Waals surface area contributed by atoms with Crippen molar-refractivity contribution < 1.29 is 13.6 Å². The highest BCUT2D eigenvalue weighted by Gasteiger charge is 2.12. The van der Waals surface area contributed by atoms with Gasteiger partial charge in [-0.2, -0.15) is 0 Å². The van der Waals surface area contributed by atoms with E-state index in [0.29, 0.717) is 9.14 Å². The molecule has 88 valence electrons. The first kappa shape index (κ1) is 12.3. The minimum Gasteiger partial charge on any atom is -0.444 e. The lowest BCUT2D eigenvalue weighted by atomic mass is 10.3. The van der Waals surface area contributed by atoms with Crippen molar-refractivity contribution >= 4 is 43.5 Å². The molecule has 0 unspecified atom stereocenters. The van der Waals surface area contributed by atoms with Crippen LogP contribution >= 0.6 is 31.9 Å². The summed E-state index contributed by atoms with van der Waals surface area (Å²) in [6.07, 6.45) is 0. The van der Waals surface area contributed by atoms with Crippen molar-refractivity contribution in [1.29, 1.82) is 0 Å². The van der Waals surface area contributed by atoms with Gasteiger partial charge in [0.25, 0.3) is 5.91 Å². The van der Waals surface area contributed by atoms with Crippen LogP contribution < -0.4 is 5.32 Å². The zero-order valence-corrected chi connectivity index (χ0v) is 11.5. The number of nitrogens with one attached hydrogen (secondary N) is 1. The predicted octanol–water partition coefficient (Wildman–Crippen LogP) is 4.20. The monoisotopic (exact) mass is 361 g/mol. The second-order valence-corrected chi connectivity index (χ2v) is 4.88. The van der Waals surface area contributed by atoms with Gasteiger partial charge in [-0.25, -0.2) is 4.39 Å². The molecule has 2 rings (SSSR count). The highest BCUT2D eigenvalue weighted by Crippen LogP contribution is 2.21. The average molecular weight is 363 g/mol. The van der Waals surface area contributed by atoms with Gasteiger partial charge in [0.15, 0.2) is 10.4 Å². The topological polar surface area (TPSA) is 42.2 Å². The summed E-state index contributed by atoms with van der Waals surface area (Å²) in [5.41, 5.74) is 0.103. The lowest BCUT2D eigenvalue weighted by Crippen LogP contribution is -2.11. The number of anilines is 1. The smallest absolute Gasteiger partial charge is 0.291 e. The first-order chi connectivity index (χ1) is 8.06. The molecule has 0 radical (unpaired) electrons. The molecule has 17 heavy (non-hydrogen) atoms. The molecule has 0 atom stereocenters. The third kappa shape index (κ3) is 2.95. The predicted molar refractivity (Wildman–Crippen MR) is 68.5 cm³/mol. The zero-order valence-electron chi connectivity index (χ0n) is 8.34. The quantitative estimate of drug-likeness (QED) is 0.870. The lowest BCUT2D eigenvalue weighted by Gasteiger charge is -2.04. The normalized spacial score (nSPS) is 10.3. The van der Waals surface area contributed by atoms with Crippen LogP contribution in [0.2, 0.25) is 0 Å². The van der Waals surface area contributed by atoms with Crippen molar-refractivity contribution in [2.75, 3.05) is 5.32 Å². The average Bonchev–Trinajstić information content (AvgIpc) is 2.69. The van der Waals surface area contributed by atoms with E-state index in [1.165, 1.54) is 18.2 Å². The summed E-state index contributed by atoms with van der Waals surface area (Å²) in [6.45, 7) is 0. The highest BCUT2D eigenvalue weighted by atomic mass is 79.9. The second kappa shape index (κ2) is 5.01. The summed E-state index contributed by atoms with van der Waals surface area (Å²) in [4.78, 5) is 11.7. The van der Waals surface area contributed by atoms with E-state index < -0.39 is 11.7 Å². The first-order valence-corrected chi connectivity index (χ1v) is 6.16. The maximum atomic E-state index is 13.4. The summed E-state index contributed by atoms with van der Waals surface area (Å²) in [6, 6.07) is 7.46. The van der Waals surface area contributed by atoms with Crippen LogP contribution in [-0.4, -0.2) is 5.91 Å². The number of amides is 1. The number of hydrogen-bond acceptors (Lipinski definition) is 2. The maximum Gasteiger partial charge on any atom is 0.291 e. The van der Waals surface area contributed by atoms with E-state index in [9.17, 15) is 9.18 Å². The van der Waals surface area contributed by atoms with E-state index in [4.69, 9.17) is 4.42 Å². The summed E-state index contributed by atoms with van der Waals surface area (Å²) in [5.74, 6) is -0.908. The van der Waals surface area contributed by atoms with Gasteiger partial charge in [-0.05, 0) is 46.3 Å². The molecule has 0 aliphatic rings. The third-order valence-corrected chi connectivity index (χ3v) is 2.90. The second-order valence-electron chi connectivity index (χ2n) is 3.18. The molecule has 3 nitrogen and oxygen atoms in total. The molecular weight excluding hydrogens is 357 g/mol. The van der Waals surface area contributed by atoms with Crippen molar-refractivity contribution in [3.8, 4) is 0 Å². The van der Waals surface area contributed by atoms with Crippen molar-refractivity contribution in [3.63, 3.8) is 0 Å². The molecule has 0 spiro atoms. The summed E-state index contributed by atoms with van der Waals surface area (Å²) >= 11 is 6.22. The first-order valence-electron chi connectivity index (χ1n) is 4.58. The molecular formula is C11H6Br2FNO2.